The summed E-state index contributed by atoms with van der Waals surface area (Å²) < 4.78 is 5.69. The number of nitrogens with two attached hydrogens (primary N) is 1. The van der Waals surface area contributed by atoms with Gasteiger partial charge in [-0.1, -0.05) is 13.0 Å². The molecule has 0 bridgehead atoms. The Bertz CT molecular complexity index is 378. The summed E-state index contributed by atoms with van der Waals surface area (Å²) in [6.07, 6.45) is 2.68. The molecule has 1 saturated heterocycles. The van der Waals surface area contributed by atoms with Crippen LogP contribution in [-0.4, -0.2) is 19.3 Å². The second kappa shape index (κ2) is 5.41. The van der Waals surface area contributed by atoms with Crippen molar-refractivity contribution in [2.45, 2.75) is 32.8 Å². The zero-order valence-electron chi connectivity index (χ0n) is 10.7. The van der Waals surface area contributed by atoms with Gasteiger partial charge < -0.3 is 15.8 Å². The molecular formula is C14H22N2O. The van der Waals surface area contributed by atoms with Crippen LogP contribution in [0.4, 0.5) is 11.4 Å². The van der Waals surface area contributed by atoms with Crippen molar-refractivity contribution in [3.8, 4) is 0 Å². The summed E-state index contributed by atoms with van der Waals surface area (Å²) in [5.74, 6) is 0.626. The van der Waals surface area contributed by atoms with Crippen LogP contribution in [0, 0.1) is 12.8 Å². The van der Waals surface area contributed by atoms with Crippen molar-refractivity contribution in [2.24, 2.45) is 5.92 Å². The molecule has 0 amide bonds. The molecule has 3 nitrogen and oxygen atoms in total. The van der Waals surface area contributed by atoms with Gasteiger partial charge in [0.15, 0.2) is 0 Å². The number of benzene rings is 1. The first-order chi connectivity index (χ1) is 8.22. The van der Waals surface area contributed by atoms with Gasteiger partial charge in [0.25, 0.3) is 0 Å². The molecule has 1 aromatic carbocycles. The van der Waals surface area contributed by atoms with Crippen molar-refractivity contribution < 1.29 is 4.74 Å². The number of ether oxygens (including phenoxy) is 1. The van der Waals surface area contributed by atoms with E-state index in [1.165, 1.54) is 0 Å². The third kappa shape index (κ3) is 2.72. The molecule has 1 aliphatic rings. The first kappa shape index (κ1) is 12.2. The lowest BCUT2D eigenvalue weighted by atomic mass is 9.99. The Labute approximate surface area is 103 Å². The number of hydrogen-bond acceptors (Lipinski definition) is 3. The summed E-state index contributed by atoms with van der Waals surface area (Å²) in [6, 6.07) is 6.02. The van der Waals surface area contributed by atoms with Crippen LogP contribution >= 0.6 is 0 Å². The fourth-order valence-corrected chi connectivity index (χ4v) is 2.46. The molecule has 0 aromatic heterocycles. The van der Waals surface area contributed by atoms with E-state index >= 15 is 0 Å². The van der Waals surface area contributed by atoms with Gasteiger partial charge in [-0.2, -0.15) is 0 Å². The van der Waals surface area contributed by atoms with E-state index in [1.54, 1.807) is 0 Å². The SMILES string of the molecule is CCC1OCCC1CNc1cccc(N)c1C. The highest BCUT2D eigenvalue weighted by Crippen LogP contribution is 2.25. The van der Waals surface area contributed by atoms with E-state index in [-0.39, 0.29) is 0 Å². The Kier molecular flexibility index (Phi) is 3.89. The van der Waals surface area contributed by atoms with Crippen LogP contribution in [0.3, 0.4) is 0 Å². The Morgan fingerprint density at radius 3 is 3.06 bits per heavy atom. The minimum atomic E-state index is 0.420. The summed E-state index contributed by atoms with van der Waals surface area (Å²) in [5, 5.41) is 3.50. The standard InChI is InChI=1S/C14H22N2O/c1-3-14-11(7-8-17-14)9-16-13-6-4-5-12(15)10(13)2/h4-6,11,14,16H,3,7-9,15H2,1-2H3. The smallest absolute Gasteiger partial charge is 0.0618 e. The van der Waals surface area contributed by atoms with Crippen molar-refractivity contribution >= 4 is 11.4 Å². The van der Waals surface area contributed by atoms with E-state index in [4.69, 9.17) is 10.5 Å². The predicted molar refractivity (Wildman–Crippen MR) is 72.2 cm³/mol. The van der Waals surface area contributed by atoms with Crippen LogP contribution in [0.2, 0.25) is 0 Å². The molecule has 1 aliphatic heterocycles. The molecule has 0 radical (unpaired) electrons. The lowest BCUT2D eigenvalue weighted by Gasteiger charge is -2.19. The van der Waals surface area contributed by atoms with Crippen LogP contribution in [0.15, 0.2) is 18.2 Å². The number of nitrogen functional groups attached to an aromatic ring is 1. The molecule has 3 N–H and O–H groups in total. The van der Waals surface area contributed by atoms with E-state index in [2.05, 4.69) is 25.2 Å². The van der Waals surface area contributed by atoms with Gasteiger partial charge in [0.05, 0.1) is 6.10 Å². The maximum atomic E-state index is 5.89. The minimum Gasteiger partial charge on any atom is -0.398 e. The van der Waals surface area contributed by atoms with Crippen LogP contribution in [0.5, 0.6) is 0 Å². The van der Waals surface area contributed by atoms with Gasteiger partial charge in [-0.25, -0.2) is 0 Å². The lowest BCUT2D eigenvalue weighted by molar-refractivity contribution is 0.0900. The Hall–Kier alpha value is -1.22. The fraction of sp³-hybridized carbons (Fsp3) is 0.571. The molecule has 2 unspecified atom stereocenters. The Balaban J connectivity index is 1.95. The molecule has 3 heteroatoms. The number of anilines is 2. The average Bonchev–Trinajstić information content (AvgIpc) is 2.78. The molecule has 2 atom stereocenters. The monoisotopic (exact) mass is 234 g/mol. The molecule has 0 spiro atoms. The second-order valence-corrected chi connectivity index (χ2v) is 4.77. The van der Waals surface area contributed by atoms with Crippen LogP contribution in [0.25, 0.3) is 0 Å². The van der Waals surface area contributed by atoms with Crippen molar-refractivity contribution in [1.29, 1.82) is 0 Å². The van der Waals surface area contributed by atoms with E-state index < -0.39 is 0 Å². The number of nitrogens with one attached hydrogen (secondary N) is 1. The summed E-state index contributed by atoms with van der Waals surface area (Å²) >= 11 is 0. The van der Waals surface area contributed by atoms with Gasteiger partial charge >= 0.3 is 0 Å². The van der Waals surface area contributed by atoms with E-state index in [9.17, 15) is 0 Å². The molecule has 1 fully saturated rings. The summed E-state index contributed by atoms with van der Waals surface area (Å²) in [6.45, 7) is 6.12. The van der Waals surface area contributed by atoms with E-state index in [0.29, 0.717) is 12.0 Å². The first-order valence-electron chi connectivity index (χ1n) is 6.43. The van der Waals surface area contributed by atoms with Crippen molar-refractivity contribution in [3.63, 3.8) is 0 Å². The van der Waals surface area contributed by atoms with Gasteiger partial charge in [0, 0.05) is 30.4 Å². The quantitative estimate of drug-likeness (QED) is 0.787. The van der Waals surface area contributed by atoms with Crippen LogP contribution in [-0.2, 0) is 4.74 Å². The van der Waals surface area contributed by atoms with Crippen molar-refractivity contribution in [2.75, 3.05) is 24.2 Å². The molecule has 17 heavy (non-hydrogen) atoms. The highest BCUT2D eigenvalue weighted by molar-refractivity contribution is 5.62. The highest BCUT2D eigenvalue weighted by atomic mass is 16.5. The zero-order valence-corrected chi connectivity index (χ0v) is 10.7. The summed E-state index contributed by atoms with van der Waals surface area (Å²) in [4.78, 5) is 0. The van der Waals surface area contributed by atoms with E-state index in [1.807, 2.05) is 12.1 Å². The molecule has 1 heterocycles. The largest absolute Gasteiger partial charge is 0.398 e. The highest BCUT2D eigenvalue weighted by Gasteiger charge is 2.26. The lowest BCUT2D eigenvalue weighted by Crippen LogP contribution is -2.23. The summed E-state index contributed by atoms with van der Waals surface area (Å²) in [7, 11) is 0. The predicted octanol–water partition coefficient (Wildman–Crippen LogP) is 2.80. The van der Waals surface area contributed by atoms with Crippen LogP contribution < -0.4 is 11.1 Å². The molecule has 2 rings (SSSR count). The third-order valence-corrected chi connectivity index (χ3v) is 3.68. The topological polar surface area (TPSA) is 47.3 Å². The Morgan fingerprint density at radius 2 is 2.29 bits per heavy atom. The summed E-state index contributed by atoms with van der Waals surface area (Å²) in [5.41, 5.74) is 9.03. The Morgan fingerprint density at radius 1 is 1.47 bits per heavy atom. The molecule has 0 aliphatic carbocycles. The van der Waals surface area contributed by atoms with Crippen molar-refractivity contribution in [1.82, 2.24) is 0 Å². The maximum Gasteiger partial charge on any atom is 0.0618 e. The number of rotatable bonds is 4. The molecule has 0 saturated carbocycles. The zero-order chi connectivity index (χ0) is 12.3. The number of hydrogen-bond donors (Lipinski definition) is 2. The molecular weight excluding hydrogens is 212 g/mol. The van der Waals surface area contributed by atoms with Gasteiger partial charge in [0.1, 0.15) is 0 Å². The maximum absolute atomic E-state index is 5.89. The molecule has 94 valence electrons. The van der Waals surface area contributed by atoms with Crippen LogP contribution in [0.1, 0.15) is 25.3 Å². The van der Waals surface area contributed by atoms with Gasteiger partial charge in [-0.05, 0) is 37.5 Å². The first-order valence-corrected chi connectivity index (χ1v) is 6.43. The minimum absolute atomic E-state index is 0.420. The normalized spacial score (nSPS) is 23.9. The van der Waals surface area contributed by atoms with E-state index in [0.717, 1.165) is 42.9 Å². The second-order valence-electron chi connectivity index (χ2n) is 4.77. The van der Waals surface area contributed by atoms with Crippen molar-refractivity contribution in [3.05, 3.63) is 23.8 Å². The molecule has 1 aromatic rings. The van der Waals surface area contributed by atoms with Gasteiger partial charge in [0.2, 0.25) is 0 Å². The average molecular weight is 234 g/mol. The fourth-order valence-electron chi connectivity index (χ4n) is 2.46. The van der Waals surface area contributed by atoms with Gasteiger partial charge in [-0.3, -0.25) is 0 Å². The van der Waals surface area contributed by atoms with Gasteiger partial charge in [-0.15, -0.1) is 0 Å². The third-order valence-electron chi connectivity index (χ3n) is 3.68.